The first-order valence-electron chi connectivity index (χ1n) is 7.77. The summed E-state index contributed by atoms with van der Waals surface area (Å²) >= 11 is 5.97. The van der Waals surface area contributed by atoms with Crippen molar-refractivity contribution in [1.29, 1.82) is 0 Å². The number of ether oxygens (including phenoxy) is 3. The Hall–Kier alpha value is -2.48. The molecule has 4 rings (SSSR count). The molecule has 0 amide bonds. The first-order valence-corrected chi connectivity index (χ1v) is 8.15. The van der Waals surface area contributed by atoms with E-state index in [0.717, 1.165) is 22.3 Å². The lowest BCUT2D eigenvalue weighted by Crippen LogP contribution is -2.18. The van der Waals surface area contributed by atoms with Crippen molar-refractivity contribution in [2.75, 3.05) is 25.1 Å². The zero-order chi connectivity index (χ0) is 17.1. The fourth-order valence-electron chi connectivity index (χ4n) is 2.47. The number of nitrogens with zero attached hydrogens (tertiary/aromatic N) is 3. The van der Waals surface area contributed by atoms with E-state index in [-0.39, 0.29) is 6.29 Å². The largest absolute Gasteiger partial charge is 0.488 e. The van der Waals surface area contributed by atoms with Gasteiger partial charge in [0.25, 0.3) is 0 Å². The number of benzene rings is 1. The van der Waals surface area contributed by atoms with Crippen LogP contribution in [0.15, 0.2) is 42.9 Å². The second-order valence-electron chi connectivity index (χ2n) is 5.38. The van der Waals surface area contributed by atoms with Crippen molar-refractivity contribution in [3.63, 3.8) is 0 Å². The van der Waals surface area contributed by atoms with Gasteiger partial charge in [0, 0.05) is 11.1 Å². The Labute approximate surface area is 148 Å². The minimum atomic E-state index is -0.288. The third-order valence-electron chi connectivity index (χ3n) is 3.68. The monoisotopic (exact) mass is 358 g/mol. The Morgan fingerprint density at radius 3 is 2.72 bits per heavy atom. The fourth-order valence-corrected chi connectivity index (χ4v) is 2.63. The van der Waals surface area contributed by atoms with Crippen LogP contribution >= 0.6 is 11.6 Å². The zero-order valence-corrected chi connectivity index (χ0v) is 13.9. The topological polar surface area (TPSA) is 78.4 Å². The molecule has 1 aliphatic heterocycles. The number of halogens is 1. The zero-order valence-electron chi connectivity index (χ0n) is 13.2. The van der Waals surface area contributed by atoms with Gasteiger partial charge in [-0.2, -0.15) is 0 Å². The predicted octanol–water partition coefficient (Wildman–Crippen LogP) is 3.17. The smallest absolute Gasteiger partial charge is 0.191 e. The van der Waals surface area contributed by atoms with Crippen LogP contribution in [0.3, 0.4) is 0 Å². The van der Waals surface area contributed by atoms with Gasteiger partial charge in [-0.25, -0.2) is 15.0 Å². The lowest BCUT2D eigenvalue weighted by Gasteiger charge is -2.12. The van der Waals surface area contributed by atoms with Crippen LogP contribution in [-0.2, 0) is 9.47 Å². The average Bonchev–Trinajstić information content (AvgIpc) is 3.15. The van der Waals surface area contributed by atoms with Crippen LogP contribution in [0, 0.1) is 0 Å². The summed E-state index contributed by atoms with van der Waals surface area (Å²) < 4.78 is 16.3. The maximum atomic E-state index is 5.97. The third kappa shape index (κ3) is 3.79. The lowest BCUT2D eigenvalue weighted by molar-refractivity contribution is -0.0684. The first-order chi connectivity index (χ1) is 12.3. The molecule has 3 heterocycles. The number of nitrogens with one attached hydrogen (secondary N) is 1. The van der Waals surface area contributed by atoms with E-state index in [1.165, 1.54) is 6.33 Å². The van der Waals surface area contributed by atoms with Gasteiger partial charge in [0.05, 0.1) is 24.9 Å². The lowest BCUT2D eigenvalue weighted by atomic mass is 10.2. The van der Waals surface area contributed by atoms with Gasteiger partial charge >= 0.3 is 0 Å². The molecule has 8 heteroatoms. The Balaban J connectivity index is 1.47. The van der Waals surface area contributed by atoms with E-state index in [4.69, 9.17) is 25.8 Å². The van der Waals surface area contributed by atoms with E-state index in [1.807, 2.05) is 24.3 Å². The summed E-state index contributed by atoms with van der Waals surface area (Å²) in [6, 6.07) is 9.29. The van der Waals surface area contributed by atoms with Crippen LogP contribution in [0.5, 0.6) is 5.75 Å². The molecule has 0 aliphatic carbocycles. The molecule has 0 atom stereocenters. The summed E-state index contributed by atoms with van der Waals surface area (Å²) in [7, 11) is 0. The molecule has 1 aromatic carbocycles. The molecule has 0 spiro atoms. The van der Waals surface area contributed by atoms with Gasteiger partial charge in [-0.15, -0.1) is 0 Å². The second-order valence-corrected chi connectivity index (χ2v) is 5.77. The second kappa shape index (κ2) is 7.18. The summed E-state index contributed by atoms with van der Waals surface area (Å²) in [5.41, 5.74) is 1.59. The van der Waals surface area contributed by atoms with Gasteiger partial charge < -0.3 is 19.5 Å². The van der Waals surface area contributed by atoms with E-state index in [0.29, 0.717) is 30.8 Å². The number of pyridine rings is 1. The Bertz CT molecular complexity index is 869. The summed E-state index contributed by atoms with van der Waals surface area (Å²) in [6.45, 7) is 1.60. The molecule has 1 fully saturated rings. The van der Waals surface area contributed by atoms with Gasteiger partial charge in [-0.3, -0.25) is 0 Å². The van der Waals surface area contributed by atoms with Gasteiger partial charge in [0.15, 0.2) is 6.29 Å². The van der Waals surface area contributed by atoms with E-state index < -0.39 is 0 Å². The van der Waals surface area contributed by atoms with Crippen LogP contribution < -0.4 is 10.1 Å². The van der Waals surface area contributed by atoms with Crippen LogP contribution in [0.25, 0.3) is 10.9 Å². The highest BCUT2D eigenvalue weighted by atomic mass is 35.5. The third-order valence-corrected chi connectivity index (χ3v) is 3.89. The van der Waals surface area contributed by atoms with E-state index in [2.05, 4.69) is 20.3 Å². The molecule has 128 valence electrons. The normalized spacial score (nSPS) is 14.8. The van der Waals surface area contributed by atoms with Gasteiger partial charge in [-0.05, 0) is 30.3 Å². The number of rotatable bonds is 5. The minimum absolute atomic E-state index is 0.288. The van der Waals surface area contributed by atoms with Crippen molar-refractivity contribution in [3.05, 3.63) is 48.0 Å². The highest BCUT2D eigenvalue weighted by Crippen LogP contribution is 2.25. The molecule has 7 nitrogen and oxygen atoms in total. The quantitative estimate of drug-likeness (QED) is 0.702. The summed E-state index contributed by atoms with van der Waals surface area (Å²) in [5.74, 6) is 1.40. The van der Waals surface area contributed by atoms with E-state index in [1.54, 1.807) is 12.3 Å². The van der Waals surface area contributed by atoms with Crippen LogP contribution in [0.1, 0.15) is 0 Å². The number of hydrogen-bond donors (Lipinski definition) is 1. The van der Waals surface area contributed by atoms with Crippen LogP contribution in [0.2, 0.25) is 5.15 Å². The van der Waals surface area contributed by atoms with Crippen molar-refractivity contribution < 1.29 is 14.2 Å². The summed E-state index contributed by atoms with van der Waals surface area (Å²) in [5, 5.41) is 4.45. The van der Waals surface area contributed by atoms with Crippen molar-refractivity contribution in [3.8, 4) is 5.75 Å². The molecule has 0 unspecified atom stereocenters. The molecule has 1 N–H and O–H groups in total. The highest BCUT2D eigenvalue weighted by Gasteiger charge is 2.16. The molecule has 0 saturated carbocycles. The highest BCUT2D eigenvalue weighted by molar-refractivity contribution is 6.30. The van der Waals surface area contributed by atoms with Gasteiger partial charge in [-0.1, -0.05) is 11.6 Å². The summed E-state index contributed by atoms with van der Waals surface area (Å²) in [6.07, 6.45) is 2.82. The van der Waals surface area contributed by atoms with E-state index >= 15 is 0 Å². The number of anilines is 2. The van der Waals surface area contributed by atoms with E-state index in [9.17, 15) is 0 Å². The molecule has 1 saturated heterocycles. The Morgan fingerprint density at radius 1 is 1.12 bits per heavy atom. The maximum Gasteiger partial charge on any atom is 0.191 e. The number of fused-ring (bicyclic) bond motifs is 1. The summed E-state index contributed by atoms with van der Waals surface area (Å²) in [4.78, 5) is 12.5. The molecule has 3 aromatic rings. The molecule has 0 radical (unpaired) electrons. The molecular weight excluding hydrogens is 344 g/mol. The van der Waals surface area contributed by atoms with Crippen LogP contribution in [-0.4, -0.2) is 41.1 Å². The average molecular weight is 359 g/mol. The first kappa shape index (κ1) is 16.0. The van der Waals surface area contributed by atoms with Gasteiger partial charge in [0.1, 0.15) is 29.7 Å². The molecular formula is C17H15ClN4O3. The SMILES string of the molecule is Clc1cc2c(Nc3ccc(OCC4OCCO4)cc3)ncnc2cn1. The molecule has 2 aromatic heterocycles. The van der Waals surface area contributed by atoms with Crippen molar-refractivity contribution in [2.24, 2.45) is 0 Å². The molecule has 1 aliphatic rings. The maximum absolute atomic E-state index is 5.97. The van der Waals surface area contributed by atoms with Crippen molar-refractivity contribution in [1.82, 2.24) is 15.0 Å². The van der Waals surface area contributed by atoms with Gasteiger partial charge in [0.2, 0.25) is 0 Å². The molecule has 25 heavy (non-hydrogen) atoms. The number of aromatic nitrogens is 3. The standard InChI is InChI=1S/C17H15ClN4O3/c18-15-7-13-14(8-19-15)20-10-21-17(13)22-11-1-3-12(4-2-11)25-9-16-23-5-6-24-16/h1-4,7-8,10,16H,5-6,9H2,(H,20,21,22). The van der Waals surface area contributed by atoms with Crippen LogP contribution in [0.4, 0.5) is 11.5 Å². The predicted molar refractivity (Wildman–Crippen MR) is 93.3 cm³/mol. The minimum Gasteiger partial charge on any atom is -0.488 e. The molecule has 0 bridgehead atoms. The van der Waals surface area contributed by atoms with Crippen molar-refractivity contribution in [2.45, 2.75) is 6.29 Å². The van der Waals surface area contributed by atoms with Crippen molar-refractivity contribution >= 4 is 34.0 Å². The fraction of sp³-hybridized carbons (Fsp3) is 0.235. The Morgan fingerprint density at radius 2 is 1.92 bits per heavy atom. The number of hydrogen-bond acceptors (Lipinski definition) is 7. The Kier molecular flexibility index (Phi) is 4.60.